The molecule has 2 aliphatic carbocycles. The van der Waals surface area contributed by atoms with Crippen LogP contribution in [0.4, 0.5) is 0 Å². The van der Waals surface area contributed by atoms with Gasteiger partial charge in [0.2, 0.25) is 0 Å². The Hall–Kier alpha value is -2.17. The molecule has 1 atom stereocenters. The van der Waals surface area contributed by atoms with Crippen LogP contribution >= 0.6 is 7.92 Å². The molecule has 4 rings (SSSR count). The van der Waals surface area contributed by atoms with Crippen molar-refractivity contribution in [2.45, 2.75) is 0 Å². The van der Waals surface area contributed by atoms with Gasteiger partial charge >= 0.3 is 0 Å². The maximum Gasteiger partial charge on any atom is 0.0283 e. The number of fused-ring (bicyclic) bond motifs is 1. The maximum absolute atomic E-state index is 2.34. The monoisotopic (exact) mass is 300 g/mol. The van der Waals surface area contributed by atoms with Crippen LogP contribution in [0.2, 0.25) is 0 Å². The van der Waals surface area contributed by atoms with Crippen molar-refractivity contribution in [3.8, 4) is 0 Å². The molecule has 1 heteroatoms. The van der Waals surface area contributed by atoms with Crippen LogP contribution in [0.5, 0.6) is 0 Å². The molecule has 0 N–H and O–H groups in total. The van der Waals surface area contributed by atoms with E-state index in [-0.39, 0.29) is 0 Å². The average molecular weight is 300 g/mol. The smallest absolute Gasteiger partial charge is 0.0283 e. The molecule has 0 amide bonds. The molecule has 0 aromatic heterocycles. The minimum absolute atomic E-state index is 0.441. The van der Waals surface area contributed by atoms with E-state index in [9.17, 15) is 0 Å². The highest BCUT2D eigenvalue weighted by atomic mass is 31.1. The predicted octanol–water partition coefficient (Wildman–Crippen LogP) is 4.69. The predicted molar refractivity (Wildman–Crippen MR) is 97.0 cm³/mol. The largest absolute Gasteiger partial charge is 0.0726 e. The second-order valence-electron chi connectivity index (χ2n) is 5.49. The number of benzene rings is 2. The van der Waals surface area contributed by atoms with E-state index in [0.717, 1.165) is 0 Å². The highest BCUT2D eigenvalue weighted by Crippen LogP contribution is 2.51. The van der Waals surface area contributed by atoms with Crippen LogP contribution in [0.25, 0.3) is 0 Å². The van der Waals surface area contributed by atoms with Gasteiger partial charge in [-0.2, -0.15) is 0 Å². The topological polar surface area (TPSA) is 0 Å². The van der Waals surface area contributed by atoms with E-state index >= 15 is 0 Å². The van der Waals surface area contributed by atoms with E-state index in [0.29, 0.717) is 5.92 Å². The third-order valence-corrected chi connectivity index (χ3v) is 6.69. The Labute approximate surface area is 133 Å². The van der Waals surface area contributed by atoms with Crippen LogP contribution in [-0.2, 0) is 0 Å². The summed E-state index contributed by atoms with van der Waals surface area (Å²) in [5.41, 5.74) is 1.41. The summed E-state index contributed by atoms with van der Waals surface area (Å²) in [7, 11) is -0.472. The number of allylic oxidation sites excluding steroid dienone is 8. The Morgan fingerprint density at radius 1 is 0.682 bits per heavy atom. The molecule has 0 nitrogen and oxygen atoms in total. The lowest BCUT2D eigenvalue weighted by atomic mass is 9.98. The summed E-state index contributed by atoms with van der Waals surface area (Å²) < 4.78 is 0. The fourth-order valence-electron chi connectivity index (χ4n) is 3.09. The first kappa shape index (κ1) is 13.5. The first-order chi connectivity index (χ1) is 10.9. The molecule has 2 aromatic rings. The Morgan fingerprint density at radius 2 is 1.32 bits per heavy atom. The Morgan fingerprint density at radius 3 is 1.95 bits per heavy atom. The van der Waals surface area contributed by atoms with Crippen molar-refractivity contribution in [3.05, 3.63) is 108 Å². The molecule has 0 saturated heterocycles. The summed E-state index contributed by atoms with van der Waals surface area (Å²) in [6.07, 6.45) is 13.5. The van der Waals surface area contributed by atoms with Crippen molar-refractivity contribution in [1.29, 1.82) is 0 Å². The zero-order valence-corrected chi connectivity index (χ0v) is 13.2. The Bertz CT molecular complexity index is 740. The molecule has 0 spiro atoms. The van der Waals surface area contributed by atoms with Gasteiger partial charge < -0.3 is 0 Å². The summed E-state index contributed by atoms with van der Waals surface area (Å²) in [6.45, 7) is 0. The molecule has 0 aliphatic heterocycles. The molecule has 2 aliphatic rings. The number of hydrogen-bond acceptors (Lipinski definition) is 0. The average Bonchev–Trinajstić information content (AvgIpc) is 3.01. The van der Waals surface area contributed by atoms with Gasteiger partial charge in [-0.05, 0) is 29.4 Å². The lowest BCUT2D eigenvalue weighted by Gasteiger charge is -2.26. The minimum atomic E-state index is -0.472. The lowest BCUT2D eigenvalue weighted by molar-refractivity contribution is 0.999. The molecule has 0 fully saturated rings. The fraction of sp³-hybridized carbons (Fsp3) is 0.0476. The van der Waals surface area contributed by atoms with E-state index < -0.39 is 7.92 Å². The molecule has 0 radical (unpaired) electrons. The zero-order chi connectivity index (χ0) is 14.8. The molecule has 106 valence electrons. The van der Waals surface area contributed by atoms with Gasteiger partial charge in [0, 0.05) is 5.92 Å². The highest BCUT2D eigenvalue weighted by Gasteiger charge is 2.28. The van der Waals surface area contributed by atoms with E-state index in [2.05, 4.69) is 97.1 Å². The molecular weight excluding hydrogens is 283 g/mol. The molecule has 2 aromatic carbocycles. The SMILES string of the molecule is C1=CC2=CC=C(P(c3ccccc3)c3ccccc3)C2C=C1. The summed E-state index contributed by atoms with van der Waals surface area (Å²) in [5, 5.41) is 4.38. The first-order valence-electron chi connectivity index (χ1n) is 7.60. The lowest BCUT2D eigenvalue weighted by Crippen LogP contribution is -2.16. The van der Waals surface area contributed by atoms with Crippen LogP contribution in [-0.4, -0.2) is 0 Å². The van der Waals surface area contributed by atoms with Crippen molar-refractivity contribution in [1.82, 2.24) is 0 Å². The van der Waals surface area contributed by atoms with Crippen molar-refractivity contribution in [3.63, 3.8) is 0 Å². The molecule has 1 unspecified atom stereocenters. The minimum Gasteiger partial charge on any atom is -0.0726 e. The van der Waals surface area contributed by atoms with Gasteiger partial charge in [-0.1, -0.05) is 97.1 Å². The standard InChI is InChI=1S/C21H17P/c1-3-10-18(11-4-1)22(19-12-5-2-6-13-19)21-16-15-17-9-7-8-14-20(17)21/h1-16,20H. The summed E-state index contributed by atoms with van der Waals surface area (Å²) in [6, 6.07) is 21.8. The van der Waals surface area contributed by atoms with Crippen LogP contribution < -0.4 is 10.6 Å². The van der Waals surface area contributed by atoms with Crippen molar-refractivity contribution < 1.29 is 0 Å². The second-order valence-corrected chi connectivity index (χ2v) is 7.71. The Kier molecular flexibility index (Phi) is 3.62. The molecule has 0 bridgehead atoms. The third kappa shape index (κ3) is 2.40. The molecular formula is C21H17P. The van der Waals surface area contributed by atoms with E-state index in [1.54, 1.807) is 0 Å². The van der Waals surface area contributed by atoms with Gasteiger partial charge in [-0.15, -0.1) is 0 Å². The highest BCUT2D eigenvalue weighted by molar-refractivity contribution is 7.76. The molecule has 0 saturated carbocycles. The van der Waals surface area contributed by atoms with E-state index in [1.165, 1.54) is 21.5 Å². The van der Waals surface area contributed by atoms with Crippen LogP contribution in [0.3, 0.4) is 0 Å². The van der Waals surface area contributed by atoms with Crippen molar-refractivity contribution in [2.75, 3.05) is 0 Å². The van der Waals surface area contributed by atoms with Gasteiger partial charge in [0.25, 0.3) is 0 Å². The van der Waals surface area contributed by atoms with Gasteiger partial charge in [0.1, 0.15) is 0 Å². The summed E-state index contributed by atoms with van der Waals surface area (Å²) >= 11 is 0. The van der Waals surface area contributed by atoms with Gasteiger partial charge in [0.15, 0.2) is 0 Å². The summed E-state index contributed by atoms with van der Waals surface area (Å²) in [5.74, 6) is 0.441. The third-order valence-electron chi connectivity index (χ3n) is 4.11. The normalized spacial score (nSPS) is 19.0. The van der Waals surface area contributed by atoms with Crippen molar-refractivity contribution in [2.24, 2.45) is 5.92 Å². The van der Waals surface area contributed by atoms with Crippen molar-refractivity contribution >= 4 is 18.5 Å². The fourth-order valence-corrected chi connectivity index (χ4v) is 5.66. The van der Waals surface area contributed by atoms with Gasteiger partial charge in [-0.25, -0.2) is 0 Å². The van der Waals surface area contributed by atoms with Crippen LogP contribution in [0, 0.1) is 5.92 Å². The summed E-state index contributed by atoms with van der Waals surface area (Å²) in [4.78, 5) is 0. The second kappa shape index (κ2) is 5.91. The molecule has 22 heavy (non-hydrogen) atoms. The van der Waals surface area contributed by atoms with E-state index in [4.69, 9.17) is 0 Å². The number of hydrogen-bond donors (Lipinski definition) is 0. The zero-order valence-electron chi connectivity index (χ0n) is 12.3. The quantitative estimate of drug-likeness (QED) is 0.722. The first-order valence-corrected chi connectivity index (χ1v) is 8.94. The maximum atomic E-state index is 2.34. The number of rotatable bonds is 3. The Balaban J connectivity index is 1.80. The van der Waals surface area contributed by atoms with Gasteiger partial charge in [0.05, 0.1) is 0 Å². The van der Waals surface area contributed by atoms with Crippen LogP contribution in [0.1, 0.15) is 0 Å². The van der Waals surface area contributed by atoms with Gasteiger partial charge in [-0.3, -0.25) is 0 Å². The van der Waals surface area contributed by atoms with E-state index in [1.807, 2.05) is 0 Å². The van der Waals surface area contributed by atoms with Crippen LogP contribution in [0.15, 0.2) is 108 Å². The molecule has 0 heterocycles.